The van der Waals surface area contributed by atoms with Crippen molar-refractivity contribution in [1.29, 1.82) is 0 Å². The second-order valence-corrected chi connectivity index (χ2v) is 12.9. The smallest absolute Gasteiger partial charge is 0.268 e. The fourth-order valence-electron chi connectivity index (χ4n) is 5.29. The minimum absolute atomic E-state index is 0.220. The molecule has 2 aromatic heterocycles. The summed E-state index contributed by atoms with van der Waals surface area (Å²) in [4.78, 5) is 36.9. The van der Waals surface area contributed by atoms with Gasteiger partial charge in [-0.05, 0) is 68.5 Å². The Labute approximate surface area is 237 Å². The molecule has 0 unspecified atom stereocenters. The molecule has 3 N–H and O–H groups in total. The van der Waals surface area contributed by atoms with E-state index in [9.17, 15) is 18.0 Å². The van der Waals surface area contributed by atoms with Gasteiger partial charge in [0.2, 0.25) is 10.0 Å². The van der Waals surface area contributed by atoms with E-state index < -0.39 is 15.6 Å². The highest BCUT2D eigenvalue weighted by atomic mass is 32.2. The number of ether oxygens (including phenoxy) is 1. The number of hydrogen-bond donors (Lipinski definition) is 3. The van der Waals surface area contributed by atoms with E-state index in [0.717, 1.165) is 29.7 Å². The standard InChI is InChI=1S/C29H30N6O5S/c1-29(2)28(37)34-21-9-6-19(14-24(21)40-29)22-15-23-25(27(36)31-16-30-23)26(33-22)32-20-7-4-17(5-8-20)18-10-12-35(13-11-18)41(3,38)39/h4-9,14-16,18H,10-13H2,1-3H3,(H,32,33)(H,34,37)(H,30,31,36). The summed E-state index contributed by atoms with van der Waals surface area (Å²) in [7, 11) is -3.17. The van der Waals surface area contributed by atoms with Gasteiger partial charge in [-0.2, -0.15) is 0 Å². The number of piperidine rings is 1. The van der Waals surface area contributed by atoms with Crippen molar-refractivity contribution in [3.05, 3.63) is 70.8 Å². The van der Waals surface area contributed by atoms with Gasteiger partial charge < -0.3 is 20.4 Å². The first-order valence-corrected chi connectivity index (χ1v) is 15.2. The molecule has 6 rings (SSSR count). The van der Waals surface area contributed by atoms with E-state index in [1.165, 1.54) is 16.9 Å². The van der Waals surface area contributed by atoms with Crippen LogP contribution in [0.15, 0.2) is 59.7 Å². The Kier molecular flexibility index (Phi) is 6.54. The van der Waals surface area contributed by atoms with Gasteiger partial charge in [0.15, 0.2) is 5.60 Å². The Morgan fingerprint density at radius 2 is 1.78 bits per heavy atom. The highest BCUT2D eigenvalue weighted by Gasteiger charge is 2.35. The third kappa shape index (κ3) is 5.27. The van der Waals surface area contributed by atoms with Crippen molar-refractivity contribution in [3.8, 4) is 17.0 Å². The molecule has 4 heterocycles. The average molecular weight is 575 g/mol. The molecule has 1 saturated heterocycles. The van der Waals surface area contributed by atoms with Crippen LogP contribution < -0.4 is 20.9 Å². The van der Waals surface area contributed by atoms with Crippen LogP contribution in [0.3, 0.4) is 0 Å². The normalized spacial score (nSPS) is 17.5. The molecule has 0 atom stereocenters. The van der Waals surface area contributed by atoms with Crippen molar-refractivity contribution in [2.45, 2.75) is 38.2 Å². The molecule has 0 spiro atoms. The van der Waals surface area contributed by atoms with E-state index in [4.69, 9.17) is 9.72 Å². The monoisotopic (exact) mass is 574 g/mol. The van der Waals surface area contributed by atoms with E-state index in [2.05, 4.69) is 20.6 Å². The summed E-state index contributed by atoms with van der Waals surface area (Å²) in [6, 6.07) is 15.1. The summed E-state index contributed by atoms with van der Waals surface area (Å²) in [5.74, 6) is 0.938. The largest absolute Gasteiger partial charge is 0.476 e. The first-order chi connectivity index (χ1) is 19.5. The second kappa shape index (κ2) is 9.96. The maximum Gasteiger partial charge on any atom is 0.268 e. The number of carbonyl (C=O) groups is 1. The summed E-state index contributed by atoms with van der Waals surface area (Å²) >= 11 is 0. The first-order valence-electron chi connectivity index (χ1n) is 13.3. The molecule has 0 saturated carbocycles. The Balaban J connectivity index is 1.30. The zero-order valence-corrected chi connectivity index (χ0v) is 23.7. The minimum Gasteiger partial charge on any atom is -0.476 e. The summed E-state index contributed by atoms with van der Waals surface area (Å²) in [5.41, 5.74) is 2.92. The number of amides is 1. The molecular weight excluding hydrogens is 544 g/mol. The van der Waals surface area contributed by atoms with Gasteiger partial charge in [-0.15, -0.1) is 0 Å². The van der Waals surface area contributed by atoms with Gasteiger partial charge in [-0.25, -0.2) is 22.7 Å². The number of fused-ring (bicyclic) bond motifs is 2. The van der Waals surface area contributed by atoms with E-state index in [1.54, 1.807) is 26.0 Å². The van der Waals surface area contributed by atoms with Crippen LogP contribution in [0.4, 0.5) is 17.2 Å². The molecule has 2 aliphatic heterocycles. The molecule has 11 nitrogen and oxygen atoms in total. The zero-order valence-electron chi connectivity index (χ0n) is 22.9. The van der Waals surface area contributed by atoms with E-state index in [1.807, 2.05) is 36.4 Å². The van der Waals surface area contributed by atoms with E-state index in [0.29, 0.717) is 46.9 Å². The Morgan fingerprint density at radius 1 is 1.05 bits per heavy atom. The lowest BCUT2D eigenvalue weighted by Crippen LogP contribution is -2.45. The van der Waals surface area contributed by atoms with Crippen LogP contribution in [0.25, 0.3) is 22.2 Å². The highest BCUT2D eigenvalue weighted by molar-refractivity contribution is 7.88. The van der Waals surface area contributed by atoms with Crippen molar-refractivity contribution >= 4 is 44.0 Å². The van der Waals surface area contributed by atoms with Gasteiger partial charge in [0.1, 0.15) is 17.0 Å². The Bertz CT molecular complexity index is 1830. The number of benzene rings is 2. The lowest BCUT2D eigenvalue weighted by Gasteiger charge is -2.31. The van der Waals surface area contributed by atoms with Crippen LogP contribution in [-0.2, 0) is 14.8 Å². The third-order valence-electron chi connectivity index (χ3n) is 7.63. The lowest BCUT2D eigenvalue weighted by molar-refractivity contribution is -0.129. The summed E-state index contributed by atoms with van der Waals surface area (Å²) < 4.78 is 31.2. The van der Waals surface area contributed by atoms with Crippen molar-refractivity contribution in [1.82, 2.24) is 19.3 Å². The van der Waals surface area contributed by atoms with Gasteiger partial charge in [-0.3, -0.25) is 9.59 Å². The fourth-order valence-corrected chi connectivity index (χ4v) is 6.16. The SMILES string of the molecule is CC1(C)Oc2cc(-c3cc4nc[nH]c(=O)c4c(Nc4ccc(C5CCN(S(C)(=O)=O)CC5)cc4)n3)ccc2NC1=O. The number of anilines is 3. The molecule has 4 aromatic rings. The quantitative estimate of drug-likeness (QED) is 0.324. The number of aromatic amines is 1. The second-order valence-electron chi connectivity index (χ2n) is 10.9. The number of carbonyl (C=O) groups excluding carboxylic acids is 1. The molecule has 2 aliphatic rings. The first kappa shape index (κ1) is 26.9. The van der Waals surface area contributed by atoms with Gasteiger partial charge >= 0.3 is 0 Å². The molecule has 12 heteroatoms. The predicted octanol–water partition coefficient (Wildman–Crippen LogP) is 3.98. The number of sulfonamides is 1. The molecule has 0 aliphatic carbocycles. The molecule has 2 aromatic carbocycles. The maximum absolute atomic E-state index is 12.8. The van der Waals surface area contributed by atoms with Gasteiger partial charge in [0.05, 0.1) is 29.5 Å². The Hall–Kier alpha value is -4.29. The van der Waals surface area contributed by atoms with Gasteiger partial charge in [0.25, 0.3) is 11.5 Å². The third-order valence-corrected chi connectivity index (χ3v) is 8.93. The van der Waals surface area contributed by atoms with Crippen LogP contribution in [0.5, 0.6) is 5.75 Å². The van der Waals surface area contributed by atoms with Crippen LogP contribution in [0, 0.1) is 0 Å². The number of pyridine rings is 1. The van der Waals surface area contributed by atoms with Crippen molar-refractivity contribution in [2.75, 3.05) is 30.0 Å². The highest BCUT2D eigenvalue weighted by Crippen LogP contribution is 2.38. The maximum atomic E-state index is 12.8. The van der Waals surface area contributed by atoms with E-state index >= 15 is 0 Å². The predicted molar refractivity (Wildman–Crippen MR) is 157 cm³/mol. The summed E-state index contributed by atoms with van der Waals surface area (Å²) in [6.45, 7) is 4.43. The molecule has 0 radical (unpaired) electrons. The van der Waals surface area contributed by atoms with Crippen LogP contribution in [0.1, 0.15) is 38.2 Å². The molecular formula is C29H30N6O5S. The molecule has 0 bridgehead atoms. The molecule has 212 valence electrons. The van der Waals surface area contributed by atoms with Crippen LogP contribution in [-0.4, -0.2) is 58.5 Å². The molecule has 41 heavy (non-hydrogen) atoms. The number of nitrogens with zero attached hydrogens (tertiary/aromatic N) is 3. The Morgan fingerprint density at radius 3 is 2.49 bits per heavy atom. The minimum atomic E-state index is -3.17. The summed E-state index contributed by atoms with van der Waals surface area (Å²) in [6.07, 6.45) is 4.14. The van der Waals surface area contributed by atoms with Crippen LogP contribution in [0.2, 0.25) is 0 Å². The average Bonchev–Trinajstić information content (AvgIpc) is 2.93. The topological polar surface area (TPSA) is 146 Å². The van der Waals surface area contributed by atoms with Gasteiger partial charge in [-0.1, -0.05) is 18.2 Å². The van der Waals surface area contributed by atoms with Crippen molar-refractivity contribution in [2.24, 2.45) is 0 Å². The number of nitrogens with one attached hydrogen (secondary N) is 3. The number of hydrogen-bond acceptors (Lipinski definition) is 8. The molecule has 1 amide bonds. The van der Waals surface area contributed by atoms with Gasteiger partial charge in [0, 0.05) is 24.3 Å². The fraction of sp³-hybridized carbons (Fsp3) is 0.310. The number of aromatic nitrogens is 3. The summed E-state index contributed by atoms with van der Waals surface area (Å²) in [5, 5.41) is 6.48. The number of H-pyrrole nitrogens is 1. The van der Waals surface area contributed by atoms with E-state index in [-0.39, 0.29) is 17.4 Å². The van der Waals surface area contributed by atoms with Crippen molar-refractivity contribution in [3.63, 3.8) is 0 Å². The lowest BCUT2D eigenvalue weighted by atomic mass is 9.90. The van der Waals surface area contributed by atoms with Crippen LogP contribution >= 0.6 is 0 Å². The molecule has 1 fully saturated rings. The van der Waals surface area contributed by atoms with Crippen molar-refractivity contribution < 1.29 is 17.9 Å². The zero-order chi connectivity index (χ0) is 28.9. The number of rotatable bonds is 5.